The molecule has 29 heavy (non-hydrogen) atoms. The largest absolute Gasteiger partial charge is 0.508 e. The molecule has 1 fully saturated rings. The van der Waals surface area contributed by atoms with E-state index in [1.54, 1.807) is 6.07 Å². The van der Waals surface area contributed by atoms with E-state index in [4.69, 9.17) is 4.42 Å². The Morgan fingerprint density at radius 2 is 1.93 bits per heavy atom. The summed E-state index contributed by atoms with van der Waals surface area (Å²) >= 11 is 3.39. The predicted octanol–water partition coefficient (Wildman–Crippen LogP) is 3.12. The molecule has 4 rings (SSSR count). The lowest BCUT2D eigenvalue weighted by molar-refractivity contribution is 0.172. The summed E-state index contributed by atoms with van der Waals surface area (Å²) in [4.78, 5) is 14.8. The highest BCUT2D eigenvalue weighted by molar-refractivity contribution is 9.10. The summed E-state index contributed by atoms with van der Waals surface area (Å²) in [5.74, 6) is -0.655. The van der Waals surface area contributed by atoms with Crippen molar-refractivity contribution in [2.24, 2.45) is 0 Å². The standard InChI is InChI=1S/C21H20BrNO6/c1-23-5-4-11(14(23)9-24)19-15(26)7-16(27)20-17(28)8-18(29-21(19)20)12-6-10(25)2-3-13(12)22/h2-3,6-8,11,14,24-27H,4-5,9H2,1H3. The van der Waals surface area contributed by atoms with Gasteiger partial charge < -0.3 is 29.7 Å². The molecule has 1 aliphatic heterocycles. The van der Waals surface area contributed by atoms with Gasteiger partial charge in [-0.2, -0.15) is 0 Å². The van der Waals surface area contributed by atoms with E-state index in [-0.39, 0.29) is 52.5 Å². The van der Waals surface area contributed by atoms with Crippen LogP contribution in [0, 0.1) is 0 Å². The number of rotatable bonds is 3. The third kappa shape index (κ3) is 3.27. The number of hydrogen-bond acceptors (Lipinski definition) is 7. The molecule has 7 nitrogen and oxygen atoms in total. The van der Waals surface area contributed by atoms with Gasteiger partial charge in [-0.05, 0) is 38.2 Å². The molecule has 2 atom stereocenters. The van der Waals surface area contributed by atoms with Crippen LogP contribution in [0.25, 0.3) is 22.3 Å². The van der Waals surface area contributed by atoms with Gasteiger partial charge in [-0.25, -0.2) is 0 Å². The average Bonchev–Trinajstić information content (AvgIpc) is 3.03. The Morgan fingerprint density at radius 1 is 1.17 bits per heavy atom. The van der Waals surface area contributed by atoms with Gasteiger partial charge in [0.25, 0.3) is 0 Å². The van der Waals surface area contributed by atoms with Crippen molar-refractivity contribution in [3.8, 4) is 28.6 Å². The lowest BCUT2D eigenvalue weighted by Gasteiger charge is -2.24. The first-order chi connectivity index (χ1) is 13.8. The number of aliphatic hydroxyl groups is 1. The Morgan fingerprint density at radius 3 is 2.66 bits per heavy atom. The number of phenols is 3. The quantitative estimate of drug-likeness (QED) is 0.473. The van der Waals surface area contributed by atoms with Gasteiger partial charge in [0.1, 0.15) is 34.0 Å². The van der Waals surface area contributed by atoms with Crippen molar-refractivity contribution in [1.82, 2.24) is 4.90 Å². The van der Waals surface area contributed by atoms with Crippen molar-refractivity contribution in [2.75, 3.05) is 20.2 Å². The zero-order chi connectivity index (χ0) is 20.9. The van der Waals surface area contributed by atoms with Crippen LogP contribution < -0.4 is 5.43 Å². The van der Waals surface area contributed by atoms with Gasteiger partial charge in [-0.15, -0.1) is 0 Å². The van der Waals surface area contributed by atoms with E-state index in [9.17, 15) is 25.2 Å². The molecule has 0 saturated carbocycles. The molecule has 4 N–H and O–H groups in total. The average molecular weight is 462 g/mol. The minimum Gasteiger partial charge on any atom is -0.508 e. The summed E-state index contributed by atoms with van der Waals surface area (Å²) in [6.07, 6.45) is 0.652. The molecule has 2 heterocycles. The Balaban J connectivity index is 2.03. The number of likely N-dealkylation sites (tertiary alicyclic amines) is 1. The Kier molecular flexibility index (Phi) is 5.02. The summed E-state index contributed by atoms with van der Waals surface area (Å²) in [5, 5.41) is 40.6. The number of benzene rings is 2. The number of likely N-dealkylation sites (N-methyl/N-ethyl adjacent to an activating group) is 1. The van der Waals surface area contributed by atoms with Gasteiger partial charge in [0, 0.05) is 39.7 Å². The molecule has 2 aromatic carbocycles. The molecule has 3 aromatic rings. The smallest absolute Gasteiger partial charge is 0.197 e. The van der Waals surface area contributed by atoms with Crippen molar-refractivity contribution in [3.63, 3.8) is 0 Å². The van der Waals surface area contributed by atoms with Gasteiger partial charge in [0.2, 0.25) is 0 Å². The highest BCUT2D eigenvalue weighted by Crippen LogP contribution is 2.44. The number of fused-ring (bicyclic) bond motifs is 1. The van der Waals surface area contributed by atoms with E-state index < -0.39 is 5.43 Å². The molecular formula is C21H20BrNO6. The maximum atomic E-state index is 12.8. The van der Waals surface area contributed by atoms with Gasteiger partial charge in [-0.3, -0.25) is 4.79 Å². The number of phenolic OH excluding ortho intramolecular Hbond substituents is 3. The van der Waals surface area contributed by atoms with Crippen molar-refractivity contribution in [1.29, 1.82) is 0 Å². The van der Waals surface area contributed by atoms with Crippen molar-refractivity contribution >= 4 is 26.9 Å². The van der Waals surface area contributed by atoms with Crippen LogP contribution in [0.15, 0.2) is 44.0 Å². The van der Waals surface area contributed by atoms with Crippen LogP contribution >= 0.6 is 15.9 Å². The van der Waals surface area contributed by atoms with Crippen LogP contribution in [0.2, 0.25) is 0 Å². The number of halogens is 1. The second kappa shape index (κ2) is 7.37. The molecular weight excluding hydrogens is 442 g/mol. The molecule has 0 radical (unpaired) electrons. The second-order valence-corrected chi connectivity index (χ2v) is 8.15. The molecule has 8 heteroatoms. The lowest BCUT2D eigenvalue weighted by atomic mass is 9.89. The van der Waals surface area contributed by atoms with E-state index in [0.717, 1.165) is 6.07 Å². The summed E-state index contributed by atoms with van der Waals surface area (Å²) in [7, 11) is 1.88. The number of aliphatic hydroxyl groups excluding tert-OH is 1. The predicted molar refractivity (Wildman–Crippen MR) is 111 cm³/mol. The SMILES string of the molecule is CN1CCC(c2c(O)cc(O)c3c(=O)cc(-c4cc(O)ccc4Br)oc23)C1CO. The minimum atomic E-state index is -0.470. The maximum absolute atomic E-state index is 12.8. The Bertz CT molecular complexity index is 1160. The van der Waals surface area contributed by atoms with Crippen LogP contribution in [-0.2, 0) is 0 Å². The monoisotopic (exact) mass is 461 g/mol. The van der Waals surface area contributed by atoms with E-state index in [0.29, 0.717) is 28.6 Å². The zero-order valence-corrected chi connectivity index (χ0v) is 17.2. The van der Waals surface area contributed by atoms with E-state index in [1.807, 2.05) is 11.9 Å². The van der Waals surface area contributed by atoms with Gasteiger partial charge in [0.15, 0.2) is 5.43 Å². The topological polar surface area (TPSA) is 114 Å². The first-order valence-corrected chi connectivity index (χ1v) is 9.93. The third-order valence-corrected chi connectivity index (χ3v) is 6.29. The molecule has 0 spiro atoms. The van der Waals surface area contributed by atoms with E-state index in [2.05, 4.69) is 15.9 Å². The summed E-state index contributed by atoms with van der Waals surface area (Å²) in [6.45, 7) is 0.588. The van der Waals surface area contributed by atoms with Crippen LogP contribution in [-0.4, -0.2) is 51.6 Å². The van der Waals surface area contributed by atoms with Gasteiger partial charge >= 0.3 is 0 Å². The zero-order valence-electron chi connectivity index (χ0n) is 15.6. The summed E-state index contributed by atoms with van der Waals surface area (Å²) in [5.41, 5.74) is 0.456. The molecule has 0 aliphatic carbocycles. The third-order valence-electron chi connectivity index (χ3n) is 5.59. The first kappa shape index (κ1) is 19.8. The molecule has 1 saturated heterocycles. The highest BCUT2D eigenvalue weighted by Gasteiger charge is 2.36. The molecule has 2 unspecified atom stereocenters. The van der Waals surface area contributed by atoms with Crippen molar-refractivity contribution in [2.45, 2.75) is 18.4 Å². The maximum Gasteiger partial charge on any atom is 0.197 e. The molecule has 1 aliphatic rings. The molecule has 152 valence electrons. The lowest BCUT2D eigenvalue weighted by Crippen LogP contribution is -2.32. The Labute approximate surface area is 174 Å². The highest BCUT2D eigenvalue weighted by atomic mass is 79.9. The van der Waals surface area contributed by atoms with Crippen LogP contribution in [0.3, 0.4) is 0 Å². The fraction of sp³-hybridized carbons (Fsp3) is 0.286. The molecule has 0 bridgehead atoms. The van der Waals surface area contributed by atoms with Crippen molar-refractivity contribution in [3.05, 3.63) is 50.6 Å². The fourth-order valence-corrected chi connectivity index (χ4v) is 4.57. The second-order valence-electron chi connectivity index (χ2n) is 7.30. The van der Waals surface area contributed by atoms with E-state index >= 15 is 0 Å². The summed E-state index contributed by atoms with van der Waals surface area (Å²) < 4.78 is 6.65. The van der Waals surface area contributed by atoms with Crippen LogP contribution in [0.4, 0.5) is 0 Å². The summed E-state index contributed by atoms with van der Waals surface area (Å²) in [6, 6.07) is 6.71. The Hall–Kier alpha value is -2.55. The number of aromatic hydroxyl groups is 3. The van der Waals surface area contributed by atoms with Crippen LogP contribution in [0.1, 0.15) is 17.9 Å². The first-order valence-electron chi connectivity index (χ1n) is 9.14. The number of nitrogens with zero attached hydrogens (tertiary/aromatic N) is 1. The van der Waals surface area contributed by atoms with E-state index in [1.165, 1.54) is 18.2 Å². The normalized spacial score (nSPS) is 19.8. The molecule has 0 amide bonds. The number of hydrogen-bond donors (Lipinski definition) is 4. The fourth-order valence-electron chi connectivity index (χ4n) is 4.13. The van der Waals surface area contributed by atoms with Gasteiger partial charge in [-0.1, -0.05) is 15.9 Å². The molecule has 1 aromatic heterocycles. The van der Waals surface area contributed by atoms with Crippen molar-refractivity contribution < 1.29 is 24.8 Å². The minimum absolute atomic E-state index is 0.00249. The van der Waals surface area contributed by atoms with Gasteiger partial charge in [0.05, 0.1) is 6.61 Å². The van der Waals surface area contributed by atoms with Crippen LogP contribution in [0.5, 0.6) is 17.2 Å².